The van der Waals surface area contributed by atoms with E-state index in [1.807, 2.05) is 36.5 Å². The average molecular weight is 508 g/mol. The fraction of sp³-hybridized carbons (Fsp3) is 0.258. The van der Waals surface area contributed by atoms with Gasteiger partial charge in [-0.05, 0) is 55.0 Å². The number of nitrogens with zero attached hydrogens (tertiary/aromatic N) is 2. The Labute approximate surface area is 223 Å². The first kappa shape index (κ1) is 25.4. The fourth-order valence-electron chi connectivity index (χ4n) is 5.00. The van der Waals surface area contributed by atoms with Crippen molar-refractivity contribution in [1.82, 2.24) is 15.3 Å². The van der Waals surface area contributed by atoms with Gasteiger partial charge in [-0.2, -0.15) is 0 Å². The lowest BCUT2D eigenvalue weighted by atomic mass is 9.98. The van der Waals surface area contributed by atoms with Crippen LogP contribution in [0.1, 0.15) is 37.8 Å². The quantitative estimate of drug-likeness (QED) is 0.333. The Bertz CT molecular complexity index is 1420. The molecule has 194 valence electrons. The maximum atomic E-state index is 13.7. The maximum Gasteiger partial charge on any atom is 0.249 e. The number of carbonyl (C=O) groups excluding carboxylic acids is 2. The molecule has 0 spiro atoms. The zero-order valence-corrected chi connectivity index (χ0v) is 21.8. The molecule has 0 aliphatic carbocycles. The van der Waals surface area contributed by atoms with Crippen LogP contribution in [-0.4, -0.2) is 33.4 Å². The van der Waals surface area contributed by atoms with Gasteiger partial charge in [-0.15, -0.1) is 0 Å². The number of aryl methyl sites for hydroxylation is 1. The summed E-state index contributed by atoms with van der Waals surface area (Å²) < 4.78 is 0. The summed E-state index contributed by atoms with van der Waals surface area (Å²) in [6.07, 6.45) is 4.98. The molecule has 0 saturated carbocycles. The number of nitrogens with two attached hydrogens (primary N) is 1. The molecule has 0 fully saturated rings. The second-order valence-corrected chi connectivity index (χ2v) is 10.6. The molecule has 1 atom stereocenters. The second kappa shape index (κ2) is 10.6. The van der Waals surface area contributed by atoms with Crippen LogP contribution >= 0.6 is 0 Å². The number of imidazole rings is 1. The van der Waals surface area contributed by atoms with Gasteiger partial charge < -0.3 is 20.9 Å². The molecule has 5 rings (SSSR count). The monoisotopic (exact) mass is 507 g/mol. The lowest BCUT2D eigenvalue weighted by Crippen LogP contribution is -2.49. The number of H-pyrrole nitrogens is 1. The van der Waals surface area contributed by atoms with Crippen molar-refractivity contribution in [3.8, 4) is 22.5 Å². The molecular formula is C31H33N5O2. The summed E-state index contributed by atoms with van der Waals surface area (Å²) in [7, 11) is 0. The third kappa shape index (κ3) is 5.68. The predicted molar refractivity (Wildman–Crippen MR) is 150 cm³/mol. The van der Waals surface area contributed by atoms with Crippen LogP contribution in [0.3, 0.4) is 0 Å². The number of hydrogen-bond acceptors (Lipinski definition) is 4. The van der Waals surface area contributed by atoms with Crippen molar-refractivity contribution in [3.05, 3.63) is 96.3 Å². The van der Waals surface area contributed by atoms with Crippen molar-refractivity contribution >= 4 is 17.5 Å². The second-order valence-electron chi connectivity index (χ2n) is 10.6. The first-order valence-electron chi connectivity index (χ1n) is 12.9. The normalized spacial score (nSPS) is 15.6. The van der Waals surface area contributed by atoms with Gasteiger partial charge in [0.1, 0.15) is 11.9 Å². The third-order valence-electron chi connectivity index (χ3n) is 6.79. The molecule has 0 bridgehead atoms. The van der Waals surface area contributed by atoms with Gasteiger partial charge in [-0.25, -0.2) is 4.98 Å². The predicted octanol–water partition coefficient (Wildman–Crippen LogP) is 4.84. The van der Waals surface area contributed by atoms with Crippen LogP contribution in [0.4, 0.5) is 5.69 Å². The van der Waals surface area contributed by atoms with E-state index < -0.39 is 11.6 Å². The van der Waals surface area contributed by atoms with Gasteiger partial charge in [0.25, 0.3) is 0 Å². The zero-order valence-electron chi connectivity index (χ0n) is 21.8. The standard InChI is InChI=1S/C31H33N5O2/c1-31(2,32)19-28(37)35-26-16-15-23-7-3-6-10-27(23)36(30(26)38)20-21-11-13-22(14-12-21)24-8-4-5-9-25(24)29-33-17-18-34-29/h3-14,17-18,26H,15-16,19-20,32H2,1-2H3,(H,33,34)(H,35,37)/t26-/m1/s1. The van der Waals surface area contributed by atoms with Crippen molar-refractivity contribution in [2.75, 3.05) is 4.90 Å². The number of rotatable bonds is 7. The van der Waals surface area contributed by atoms with Crippen molar-refractivity contribution in [3.63, 3.8) is 0 Å². The highest BCUT2D eigenvalue weighted by Crippen LogP contribution is 2.32. The van der Waals surface area contributed by atoms with Crippen LogP contribution in [-0.2, 0) is 22.6 Å². The highest BCUT2D eigenvalue weighted by atomic mass is 16.2. The van der Waals surface area contributed by atoms with E-state index in [9.17, 15) is 9.59 Å². The zero-order chi connectivity index (χ0) is 26.7. The number of carbonyl (C=O) groups is 2. The van der Waals surface area contributed by atoms with Crippen LogP contribution in [0.2, 0.25) is 0 Å². The summed E-state index contributed by atoms with van der Waals surface area (Å²) in [5.41, 5.74) is 11.6. The van der Waals surface area contributed by atoms with Gasteiger partial charge in [0.05, 0.1) is 6.54 Å². The molecule has 7 nitrogen and oxygen atoms in total. The summed E-state index contributed by atoms with van der Waals surface area (Å²) in [6, 6.07) is 23.8. The van der Waals surface area contributed by atoms with Gasteiger partial charge in [0.2, 0.25) is 11.8 Å². The van der Waals surface area contributed by atoms with E-state index in [0.29, 0.717) is 19.4 Å². The summed E-state index contributed by atoms with van der Waals surface area (Å²) >= 11 is 0. The molecule has 1 aliphatic rings. The molecule has 1 aliphatic heterocycles. The van der Waals surface area contributed by atoms with Gasteiger partial charge in [-0.3, -0.25) is 9.59 Å². The smallest absolute Gasteiger partial charge is 0.249 e. The Kier molecular flexibility index (Phi) is 7.11. The highest BCUT2D eigenvalue weighted by Gasteiger charge is 2.32. The number of aromatic nitrogens is 2. The molecule has 0 unspecified atom stereocenters. The van der Waals surface area contributed by atoms with E-state index in [2.05, 4.69) is 57.7 Å². The lowest BCUT2D eigenvalue weighted by Gasteiger charge is -2.27. The Morgan fingerprint density at radius 2 is 1.76 bits per heavy atom. The van der Waals surface area contributed by atoms with E-state index in [0.717, 1.165) is 39.3 Å². The molecule has 1 aromatic heterocycles. The molecule has 2 amide bonds. The SMILES string of the molecule is CC(C)(N)CC(=O)N[C@@H]1CCc2ccccc2N(Cc2ccc(-c3ccccc3-c3ncc[nH]3)cc2)C1=O. The van der Waals surface area contributed by atoms with Crippen molar-refractivity contribution in [2.45, 2.75) is 51.2 Å². The Hall–Kier alpha value is -4.23. The van der Waals surface area contributed by atoms with Gasteiger partial charge in [0.15, 0.2) is 0 Å². The van der Waals surface area contributed by atoms with Gasteiger partial charge in [0, 0.05) is 35.6 Å². The minimum Gasteiger partial charge on any atom is -0.345 e. The Morgan fingerprint density at radius 1 is 1.05 bits per heavy atom. The Balaban J connectivity index is 1.40. The van der Waals surface area contributed by atoms with Crippen molar-refractivity contribution in [1.29, 1.82) is 0 Å². The van der Waals surface area contributed by atoms with Crippen LogP contribution < -0.4 is 16.0 Å². The number of fused-ring (bicyclic) bond motifs is 1. The summed E-state index contributed by atoms with van der Waals surface area (Å²) in [5, 5.41) is 2.95. The number of anilines is 1. The van der Waals surface area contributed by atoms with E-state index in [4.69, 9.17) is 5.73 Å². The fourth-order valence-corrected chi connectivity index (χ4v) is 5.00. The number of aromatic amines is 1. The molecule has 3 aromatic carbocycles. The van der Waals surface area contributed by atoms with E-state index >= 15 is 0 Å². The van der Waals surface area contributed by atoms with Gasteiger partial charge >= 0.3 is 0 Å². The molecular weight excluding hydrogens is 474 g/mol. The number of hydrogen-bond donors (Lipinski definition) is 3. The van der Waals surface area contributed by atoms with E-state index in [1.165, 1.54) is 0 Å². The Morgan fingerprint density at radius 3 is 2.47 bits per heavy atom. The minimum atomic E-state index is -0.641. The minimum absolute atomic E-state index is 0.106. The molecule has 0 saturated heterocycles. The molecule has 7 heteroatoms. The highest BCUT2D eigenvalue weighted by molar-refractivity contribution is 6.00. The van der Waals surface area contributed by atoms with Crippen LogP contribution in [0.5, 0.6) is 0 Å². The van der Waals surface area contributed by atoms with Crippen LogP contribution in [0.15, 0.2) is 85.2 Å². The number of para-hydroxylation sites is 1. The third-order valence-corrected chi connectivity index (χ3v) is 6.79. The largest absolute Gasteiger partial charge is 0.345 e. The van der Waals surface area contributed by atoms with Crippen molar-refractivity contribution < 1.29 is 9.59 Å². The molecule has 2 heterocycles. The molecule has 4 N–H and O–H groups in total. The summed E-state index contributed by atoms with van der Waals surface area (Å²) in [5.74, 6) is 0.509. The first-order chi connectivity index (χ1) is 18.3. The van der Waals surface area contributed by atoms with E-state index in [-0.39, 0.29) is 18.2 Å². The van der Waals surface area contributed by atoms with E-state index in [1.54, 1.807) is 24.9 Å². The van der Waals surface area contributed by atoms with Crippen molar-refractivity contribution in [2.24, 2.45) is 5.73 Å². The lowest BCUT2D eigenvalue weighted by molar-refractivity contribution is -0.128. The van der Waals surface area contributed by atoms with Crippen LogP contribution in [0.25, 0.3) is 22.5 Å². The summed E-state index contributed by atoms with van der Waals surface area (Å²) in [6.45, 7) is 4.02. The first-order valence-corrected chi connectivity index (χ1v) is 12.9. The van der Waals surface area contributed by atoms with Gasteiger partial charge in [-0.1, -0.05) is 66.7 Å². The molecule has 4 aromatic rings. The number of benzene rings is 3. The maximum absolute atomic E-state index is 13.7. The average Bonchev–Trinajstić information content (AvgIpc) is 3.40. The van der Waals surface area contributed by atoms with Crippen LogP contribution in [0, 0.1) is 0 Å². The summed E-state index contributed by atoms with van der Waals surface area (Å²) in [4.78, 5) is 35.8. The molecule has 0 radical (unpaired) electrons. The number of nitrogens with one attached hydrogen (secondary N) is 2. The molecule has 38 heavy (non-hydrogen) atoms. The topological polar surface area (TPSA) is 104 Å². The number of amides is 2.